The highest BCUT2D eigenvalue weighted by molar-refractivity contribution is 5.29. The molecule has 17 heavy (non-hydrogen) atoms. The summed E-state index contributed by atoms with van der Waals surface area (Å²) in [6, 6.07) is 2.42. The monoisotopic (exact) mass is 241 g/mol. The van der Waals surface area contributed by atoms with Crippen molar-refractivity contribution in [1.29, 1.82) is 0 Å². The molecule has 0 aliphatic carbocycles. The van der Waals surface area contributed by atoms with Crippen molar-refractivity contribution in [2.45, 2.75) is 32.2 Å². The van der Waals surface area contributed by atoms with Crippen molar-refractivity contribution in [3.05, 3.63) is 29.3 Å². The van der Waals surface area contributed by atoms with Crippen LogP contribution >= 0.6 is 0 Å². The van der Waals surface area contributed by atoms with Crippen LogP contribution in [0.5, 0.6) is 5.75 Å². The second-order valence-electron chi connectivity index (χ2n) is 4.60. The number of hydrogen-bond acceptors (Lipinski definition) is 2. The maximum absolute atomic E-state index is 13.2. The molecule has 94 valence electrons. The summed E-state index contributed by atoms with van der Waals surface area (Å²) in [6.45, 7) is 2.50. The Morgan fingerprint density at radius 1 is 1.00 bits per heavy atom. The highest BCUT2D eigenvalue weighted by atomic mass is 19.1. The van der Waals surface area contributed by atoms with Crippen LogP contribution in [-0.2, 0) is 6.54 Å². The first-order chi connectivity index (χ1) is 8.16. The van der Waals surface area contributed by atoms with Gasteiger partial charge in [0.05, 0.1) is 0 Å². The van der Waals surface area contributed by atoms with Gasteiger partial charge in [0.2, 0.25) is 0 Å². The SMILES string of the molecule is Oc1c(F)cc(CN2CCCCCC2)cc1F. The molecule has 0 spiro atoms. The van der Waals surface area contributed by atoms with Crippen LogP contribution < -0.4 is 0 Å². The Morgan fingerprint density at radius 2 is 1.53 bits per heavy atom. The summed E-state index contributed by atoms with van der Waals surface area (Å²) in [5.41, 5.74) is 0.583. The topological polar surface area (TPSA) is 23.5 Å². The van der Waals surface area contributed by atoms with E-state index < -0.39 is 17.4 Å². The largest absolute Gasteiger partial charge is 0.503 e. The minimum absolute atomic E-state index is 0.550. The molecule has 4 heteroatoms. The molecule has 0 radical (unpaired) electrons. The van der Waals surface area contributed by atoms with E-state index in [9.17, 15) is 8.78 Å². The number of phenolic OH excluding ortho intramolecular Hbond substituents is 1. The fraction of sp³-hybridized carbons (Fsp3) is 0.538. The van der Waals surface area contributed by atoms with Crippen LogP contribution in [0.2, 0.25) is 0 Å². The molecule has 1 aliphatic rings. The second-order valence-corrected chi connectivity index (χ2v) is 4.60. The lowest BCUT2D eigenvalue weighted by Gasteiger charge is -2.19. The highest BCUT2D eigenvalue weighted by Gasteiger charge is 2.13. The van der Waals surface area contributed by atoms with E-state index in [1.165, 1.54) is 25.0 Å². The minimum atomic E-state index is -0.885. The first-order valence-electron chi connectivity index (χ1n) is 6.06. The third kappa shape index (κ3) is 3.16. The van der Waals surface area contributed by atoms with E-state index >= 15 is 0 Å². The average Bonchev–Trinajstić information content (AvgIpc) is 2.54. The molecule has 0 bridgehead atoms. The lowest BCUT2D eigenvalue weighted by Crippen LogP contribution is -2.24. The van der Waals surface area contributed by atoms with Crippen molar-refractivity contribution in [2.24, 2.45) is 0 Å². The fourth-order valence-corrected chi connectivity index (χ4v) is 2.26. The standard InChI is InChI=1S/C13H17F2NO/c14-11-7-10(8-12(15)13(11)17)9-16-5-3-1-2-4-6-16/h7-8,17H,1-6,9H2. The van der Waals surface area contributed by atoms with Crippen molar-refractivity contribution in [3.63, 3.8) is 0 Å². The summed E-state index contributed by atoms with van der Waals surface area (Å²) < 4.78 is 26.3. The maximum Gasteiger partial charge on any atom is 0.187 e. The third-order valence-corrected chi connectivity index (χ3v) is 3.18. The van der Waals surface area contributed by atoms with Gasteiger partial charge in [-0.25, -0.2) is 8.78 Å². The molecule has 0 aromatic heterocycles. The van der Waals surface area contributed by atoms with Gasteiger partial charge in [0.15, 0.2) is 17.4 Å². The first kappa shape index (κ1) is 12.3. The molecule has 0 atom stereocenters. The van der Waals surface area contributed by atoms with E-state index in [-0.39, 0.29) is 0 Å². The summed E-state index contributed by atoms with van der Waals surface area (Å²) in [5, 5.41) is 9.02. The van der Waals surface area contributed by atoms with E-state index in [0.29, 0.717) is 12.1 Å². The Labute approximate surface area is 99.9 Å². The van der Waals surface area contributed by atoms with Gasteiger partial charge in [-0.2, -0.15) is 0 Å². The van der Waals surface area contributed by atoms with Crippen LogP contribution in [0.4, 0.5) is 8.78 Å². The summed E-state index contributed by atoms with van der Waals surface area (Å²) in [6.07, 6.45) is 4.75. The van der Waals surface area contributed by atoms with Gasteiger partial charge in [-0.15, -0.1) is 0 Å². The minimum Gasteiger partial charge on any atom is -0.503 e. The molecule has 0 amide bonds. The molecular formula is C13H17F2NO. The summed E-state index contributed by atoms with van der Waals surface area (Å²) in [5.74, 6) is -2.64. The van der Waals surface area contributed by atoms with Gasteiger partial charge in [0.25, 0.3) is 0 Å². The number of likely N-dealkylation sites (tertiary alicyclic amines) is 1. The molecule has 2 rings (SSSR count). The zero-order chi connectivity index (χ0) is 12.3. The molecule has 1 heterocycles. The summed E-state index contributed by atoms with van der Waals surface area (Å²) >= 11 is 0. The molecule has 1 aromatic rings. The van der Waals surface area contributed by atoms with Gasteiger partial charge in [-0.3, -0.25) is 4.90 Å². The molecule has 1 aromatic carbocycles. The molecular weight excluding hydrogens is 224 g/mol. The quantitative estimate of drug-likeness (QED) is 0.860. The van der Waals surface area contributed by atoms with E-state index in [2.05, 4.69) is 4.90 Å². The molecule has 2 nitrogen and oxygen atoms in total. The third-order valence-electron chi connectivity index (χ3n) is 3.18. The van der Waals surface area contributed by atoms with Gasteiger partial charge >= 0.3 is 0 Å². The smallest absolute Gasteiger partial charge is 0.187 e. The van der Waals surface area contributed by atoms with Crippen LogP contribution in [0.25, 0.3) is 0 Å². The van der Waals surface area contributed by atoms with Gasteiger partial charge in [-0.05, 0) is 43.6 Å². The van der Waals surface area contributed by atoms with Gasteiger partial charge in [-0.1, -0.05) is 12.8 Å². The zero-order valence-electron chi connectivity index (χ0n) is 9.75. The second kappa shape index (κ2) is 5.45. The Balaban J connectivity index is 2.07. The number of phenols is 1. The van der Waals surface area contributed by atoms with Crippen molar-refractivity contribution >= 4 is 0 Å². The molecule has 1 fully saturated rings. The number of rotatable bonds is 2. The number of hydrogen-bond donors (Lipinski definition) is 1. The number of nitrogens with zero attached hydrogens (tertiary/aromatic N) is 1. The molecule has 1 N–H and O–H groups in total. The van der Waals surface area contributed by atoms with E-state index in [1.54, 1.807) is 0 Å². The number of benzene rings is 1. The van der Waals surface area contributed by atoms with Crippen LogP contribution in [-0.4, -0.2) is 23.1 Å². The predicted molar refractivity (Wildman–Crippen MR) is 61.8 cm³/mol. The van der Waals surface area contributed by atoms with Crippen molar-refractivity contribution in [2.75, 3.05) is 13.1 Å². The predicted octanol–water partition coefficient (Wildman–Crippen LogP) is 3.05. The van der Waals surface area contributed by atoms with Gasteiger partial charge < -0.3 is 5.11 Å². The maximum atomic E-state index is 13.2. The number of halogens is 2. The molecule has 1 saturated heterocycles. The number of aromatic hydroxyl groups is 1. The van der Waals surface area contributed by atoms with Crippen molar-refractivity contribution in [1.82, 2.24) is 4.90 Å². The zero-order valence-corrected chi connectivity index (χ0v) is 9.75. The van der Waals surface area contributed by atoms with E-state index in [4.69, 9.17) is 5.11 Å². The van der Waals surface area contributed by atoms with Gasteiger partial charge in [0, 0.05) is 6.54 Å². The van der Waals surface area contributed by atoms with Crippen LogP contribution in [0.15, 0.2) is 12.1 Å². The van der Waals surface area contributed by atoms with Crippen LogP contribution in [0, 0.1) is 11.6 Å². The van der Waals surface area contributed by atoms with Gasteiger partial charge in [0.1, 0.15) is 0 Å². The van der Waals surface area contributed by atoms with Crippen LogP contribution in [0.1, 0.15) is 31.2 Å². The normalized spacial score (nSPS) is 18.0. The first-order valence-corrected chi connectivity index (χ1v) is 6.06. The van der Waals surface area contributed by atoms with Crippen molar-refractivity contribution in [3.8, 4) is 5.75 Å². The Bertz CT molecular complexity index is 364. The summed E-state index contributed by atoms with van der Waals surface area (Å²) in [7, 11) is 0. The fourth-order valence-electron chi connectivity index (χ4n) is 2.26. The van der Waals surface area contributed by atoms with E-state index in [1.807, 2.05) is 0 Å². The Hall–Kier alpha value is -1.16. The molecule has 0 saturated carbocycles. The Kier molecular flexibility index (Phi) is 3.94. The van der Waals surface area contributed by atoms with E-state index in [0.717, 1.165) is 25.9 Å². The lowest BCUT2D eigenvalue weighted by molar-refractivity contribution is 0.275. The Morgan fingerprint density at radius 3 is 2.06 bits per heavy atom. The molecule has 0 unspecified atom stereocenters. The molecule has 1 aliphatic heterocycles. The lowest BCUT2D eigenvalue weighted by atomic mass is 10.2. The highest BCUT2D eigenvalue weighted by Crippen LogP contribution is 2.22. The average molecular weight is 241 g/mol. The summed E-state index contributed by atoms with van der Waals surface area (Å²) in [4.78, 5) is 2.21. The van der Waals surface area contributed by atoms with Crippen molar-refractivity contribution < 1.29 is 13.9 Å². The van der Waals surface area contributed by atoms with Crippen LogP contribution in [0.3, 0.4) is 0 Å².